The van der Waals surface area contributed by atoms with E-state index in [1.54, 1.807) is 35.9 Å². The van der Waals surface area contributed by atoms with Gasteiger partial charge in [-0.3, -0.25) is 4.98 Å². The lowest BCUT2D eigenvalue weighted by atomic mass is 10.2. The molecule has 4 rings (SSSR count). The van der Waals surface area contributed by atoms with E-state index in [2.05, 4.69) is 4.98 Å². The van der Waals surface area contributed by atoms with Crippen molar-refractivity contribution in [1.82, 2.24) is 15.0 Å². The Bertz CT molecular complexity index is 1040. The van der Waals surface area contributed by atoms with Crippen molar-refractivity contribution in [3.05, 3.63) is 100 Å². The second-order valence-electron chi connectivity index (χ2n) is 6.43. The number of benzene rings is 2. The largest absolute Gasteiger partial charge is 0.265 e. The van der Waals surface area contributed by atoms with Crippen LogP contribution in [0.4, 0.5) is 0 Å². The highest BCUT2D eigenvalue weighted by atomic mass is 35.5. The van der Waals surface area contributed by atoms with Gasteiger partial charge in [-0.15, -0.1) is 23.5 Å². The van der Waals surface area contributed by atoms with Crippen molar-refractivity contribution in [2.75, 3.05) is 0 Å². The van der Waals surface area contributed by atoms with Gasteiger partial charge in [0.15, 0.2) is 5.82 Å². The summed E-state index contributed by atoms with van der Waals surface area (Å²) in [6, 6.07) is 21.7. The number of halogens is 2. The van der Waals surface area contributed by atoms with Crippen molar-refractivity contribution in [3.63, 3.8) is 0 Å². The van der Waals surface area contributed by atoms with Crippen LogP contribution in [0.1, 0.15) is 11.1 Å². The summed E-state index contributed by atoms with van der Waals surface area (Å²) in [7, 11) is 0. The molecule has 0 bridgehead atoms. The Kier molecular flexibility index (Phi) is 7.28. The van der Waals surface area contributed by atoms with Gasteiger partial charge >= 0.3 is 0 Å². The van der Waals surface area contributed by atoms with Gasteiger partial charge in [-0.2, -0.15) is 0 Å². The van der Waals surface area contributed by atoms with Crippen LogP contribution in [-0.4, -0.2) is 15.0 Å². The van der Waals surface area contributed by atoms with Crippen molar-refractivity contribution < 1.29 is 0 Å². The number of hydrogen-bond donors (Lipinski definition) is 0. The molecule has 0 aliphatic heterocycles. The van der Waals surface area contributed by atoms with Crippen LogP contribution in [0.3, 0.4) is 0 Å². The monoisotopic (exact) mass is 469 g/mol. The first-order chi connectivity index (χ1) is 14.7. The van der Waals surface area contributed by atoms with Crippen LogP contribution in [0.15, 0.2) is 89.2 Å². The Morgan fingerprint density at radius 1 is 0.633 bits per heavy atom. The molecule has 0 saturated carbocycles. The molecule has 7 heteroatoms. The van der Waals surface area contributed by atoms with Crippen LogP contribution in [0, 0.1) is 0 Å². The summed E-state index contributed by atoms with van der Waals surface area (Å²) in [5.74, 6) is 2.33. The molecule has 0 N–H and O–H groups in total. The number of hydrogen-bond acceptors (Lipinski definition) is 5. The zero-order valence-electron chi connectivity index (χ0n) is 15.8. The van der Waals surface area contributed by atoms with E-state index >= 15 is 0 Å². The third-order valence-electron chi connectivity index (χ3n) is 4.22. The molecule has 2 aromatic heterocycles. The van der Waals surface area contributed by atoms with Crippen molar-refractivity contribution in [2.45, 2.75) is 21.6 Å². The van der Waals surface area contributed by atoms with E-state index < -0.39 is 0 Å². The number of rotatable bonds is 7. The standard InChI is InChI=1S/C23H17Cl2N3S2/c24-19-5-1-16(2-6-19)14-29-21-13-22(30-15-17-3-7-20(25)8-4-17)28-23(27-21)18-9-11-26-12-10-18/h1-13H,14-15H2. The summed E-state index contributed by atoms with van der Waals surface area (Å²) in [5.41, 5.74) is 3.35. The average Bonchev–Trinajstić information content (AvgIpc) is 2.79. The van der Waals surface area contributed by atoms with E-state index in [9.17, 15) is 0 Å². The minimum absolute atomic E-state index is 0.706. The lowest BCUT2D eigenvalue weighted by molar-refractivity contribution is 0.973. The van der Waals surface area contributed by atoms with Crippen molar-refractivity contribution >= 4 is 46.7 Å². The predicted octanol–water partition coefficient (Wildman–Crippen LogP) is 7.43. The minimum Gasteiger partial charge on any atom is -0.265 e. The molecule has 0 amide bonds. The Balaban J connectivity index is 1.55. The highest BCUT2D eigenvalue weighted by Gasteiger charge is 2.09. The molecule has 2 aromatic carbocycles. The van der Waals surface area contributed by atoms with Gasteiger partial charge in [0.25, 0.3) is 0 Å². The maximum Gasteiger partial charge on any atom is 0.161 e. The molecule has 0 saturated heterocycles. The second kappa shape index (κ2) is 10.3. The van der Waals surface area contributed by atoms with Crippen LogP contribution in [0.5, 0.6) is 0 Å². The Morgan fingerprint density at radius 2 is 1.10 bits per heavy atom. The third kappa shape index (κ3) is 5.99. The zero-order chi connectivity index (χ0) is 20.8. The molecule has 30 heavy (non-hydrogen) atoms. The van der Waals surface area contributed by atoms with Crippen LogP contribution >= 0.6 is 46.7 Å². The summed E-state index contributed by atoms with van der Waals surface area (Å²) in [5, 5.41) is 3.36. The molecule has 0 unspecified atom stereocenters. The Labute approximate surface area is 194 Å². The van der Waals surface area contributed by atoms with Crippen LogP contribution < -0.4 is 0 Å². The van der Waals surface area contributed by atoms with Crippen molar-refractivity contribution in [2.24, 2.45) is 0 Å². The van der Waals surface area contributed by atoms with Gasteiger partial charge in [-0.25, -0.2) is 9.97 Å². The van der Waals surface area contributed by atoms with Gasteiger partial charge < -0.3 is 0 Å². The van der Waals surface area contributed by atoms with Crippen LogP contribution in [-0.2, 0) is 11.5 Å². The molecule has 3 nitrogen and oxygen atoms in total. The summed E-state index contributed by atoms with van der Waals surface area (Å²) in [6.07, 6.45) is 3.51. The van der Waals surface area contributed by atoms with Gasteiger partial charge in [0.2, 0.25) is 0 Å². The predicted molar refractivity (Wildman–Crippen MR) is 127 cm³/mol. The summed E-state index contributed by atoms with van der Waals surface area (Å²) >= 11 is 15.3. The fraction of sp³-hybridized carbons (Fsp3) is 0.0870. The smallest absolute Gasteiger partial charge is 0.161 e. The first-order valence-electron chi connectivity index (χ1n) is 9.20. The highest BCUT2D eigenvalue weighted by Crippen LogP contribution is 2.30. The zero-order valence-corrected chi connectivity index (χ0v) is 19.0. The molecule has 2 heterocycles. The van der Waals surface area contributed by atoms with Gasteiger partial charge in [0.1, 0.15) is 10.1 Å². The van der Waals surface area contributed by atoms with Gasteiger partial charge in [0, 0.05) is 45.6 Å². The second-order valence-corrected chi connectivity index (χ2v) is 9.30. The molecule has 0 atom stereocenters. The van der Waals surface area contributed by atoms with Gasteiger partial charge in [-0.1, -0.05) is 47.5 Å². The fourth-order valence-electron chi connectivity index (χ4n) is 2.66. The van der Waals surface area contributed by atoms with Crippen molar-refractivity contribution in [3.8, 4) is 11.4 Å². The molecular formula is C23H17Cl2N3S2. The molecule has 0 aliphatic carbocycles. The van der Waals surface area contributed by atoms with E-state index in [4.69, 9.17) is 33.2 Å². The molecular weight excluding hydrogens is 453 g/mol. The van der Waals surface area contributed by atoms with E-state index in [1.165, 1.54) is 11.1 Å². The van der Waals surface area contributed by atoms with E-state index in [0.717, 1.165) is 37.2 Å². The molecule has 4 aromatic rings. The Hall–Kier alpha value is -2.05. The Morgan fingerprint density at radius 3 is 1.57 bits per heavy atom. The maximum atomic E-state index is 5.99. The molecule has 0 spiro atoms. The fourth-order valence-corrected chi connectivity index (χ4v) is 4.69. The van der Waals surface area contributed by atoms with E-state index in [1.807, 2.05) is 66.7 Å². The first kappa shape index (κ1) is 21.2. The summed E-state index contributed by atoms with van der Waals surface area (Å²) in [4.78, 5) is 13.6. The maximum absolute atomic E-state index is 5.99. The lowest BCUT2D eigenvalue weighted by Gasteiger charge is -2.09. The summed E-state index contributed by atoms with van der Waals surface area (Å²) in [6.45, 7) is 0. The highest BCUT2D eigenvalue weighted by molar-refractivity contribution is 7.99. The number of nitrogens with zero attached hydrogens (tertiary/aromatic N) is 3. The molecule has 0 radical (unpaired) electrons. The van der Waals surface area contributed by atoms with E-state index in [-0.39, 0.29) is 0 Å². The summed E-state index contributed by atoms with van der Waals surface area (Å²) < 4.78 is 0. The quantitative estimate of drug-likeness (QED) is 0.207. The van der Waals surface area contributed by atoms with Gasteiger partial charge in [0.05, 0.1) is 0 Å². The first-order valence-corrected chi connectivity index (χ1v) is 11.9. The van der Waals surface area contributed by atoms with Crippen molar-refractivity contribution in [1.29, 1.82) is 0 Å². The SMILES string of the molecule is Clc1ccc(CSc2cc(SCc3ccc(Cl)cc3)nc(-c3ccncc3)n2)cc1. The van der Waals surface area contributed by atoms with E-state index in [0.29, 0.717) is 5.82 Å². The third-order valence-corrected chi connectivity index (χ3v) is 6.69. The minimum atomic E-state index is 0.706. The molecule has 150 valence electrons. The van der Waals surface area contributed by atoms with Gasteiger partial charge in [-0.05, 0) is 47.5 Å². The van der Waals surface area contributed by atoms with Crippen LogP contribution in [0.2, 0.25) is 10.0 Å². The normalized spacial score (nSPS) is 10.9. The number of thioether (sulfide) groups is 2. The molecule has 0 aliphatic rings. The van der Waals surface area contributed by atoms with Crippen LogP contribution in [0.25, 0.3) is 11.4 Å². The lowest BCUT2D eigenvalue weighted by Crippen LogP contribution is -1.95. The average molecular weight is 470 g/mol. The number of aromatic nitrogens is 3. The molecule has 0 fully saturated rings. The topological polar surface area (TPSA) is 38.7 Å². The number of pyridine rings is 1.